The van der Waals surface area contributed by atoms with Crippen molar-refractivity contribution in [3.05, 3.63) is 0 Å². The van der Waals surface area contributed by atoms with Gasteiger partial charge in [-0.15, -0.1) is 0 Å². The molecule has 0 aromatic rings. The van der Waals surface area contributed by atoms with Crippen LogP contribution in [0.4, 0.5) is 0 Å². The van der Waals surface area contributed by atoms with Crippen LogP contribution in [0.1, 0.15) is 39.5 Å². The molecule has 0 aliphatic heterocycles. The summed E-state index contributed by atoms with van der Waals surface area (Å²) in [5.41, 5.74) is 0. The second-order valence-corrected chi connectivity index (χ2v) is 3.44. The number of carboxylic acid groups (broad SMARTS) is 2. The molecule has 0 saturated carbocycles. The smallest absolute Gasteiger partial charge is 0.305 e. The van der Waals surface area contributed by atoms with Crippen molar-refractivity contribution in [2.45, 2.75) is 51.7 Å². The monoisotopic (exact) mass is 236 g/mol. The van der Waals surface area contributed by atoms with E-state index in [1.165, 1.54) is 0 Å². The van der Waals surface area contributed by atoms with E-state index in [0.29, 0.717) is 12.8 Å². The lowest BCUT2D eigenvalue weighted by molar-refractivity contribution is -0.139. The fraction of sp³-hybridized carbons (Fsp3) is 0.800. The first-order valence-electron chi connectivity index (χ1n) is 5.09. The van der Waals surface area contributed by atoms with Gasteiger partial charge in [-0.05, 0) is 19.8 Å². The molecule has 16 heavy (non-hydrogen) atoms. The SMILES string of the molecule is CC(O)CCC(=O)O.CCC(O)CC(=O)O. The minimum absolute atomic E-state index is 0.0532. The van der Waals surface area contributed by atoms with Crippen molar-refractivity contribution < 1.29 is 30.0 Å². The maximum Gasteiger partial charge on any atom is 0.305 e. The summed E-state index contributed by atoms with van der Waals surface area (Å²) in [5, 5.41) is 33.3. The summed E-state index contributed by atoms with van der Waals surface area (Å²) in [6, 6.07) is 0. The summed E-state index contributed by atoms with van der Waals surface area (Å²) in [6.07, 6.45) is -0.408. The Bertz CT molecular complexity index is 201. The van der Waals surface area contributed by atoms with Crippen molar-refractivity contribution >= 4 is 11.9 Å². The topological polar surface area (TPSA) is 115 Å². The zero-order valence-electron chi connectivity index (χ0n) is 9.59. The fourth-order valence-electron chi connectivity index (χ4n) is 0.678. The van der Waals surface area contributed by atoms with Crippen molar-refractivity contribution in [1.29, 1.82) is 0 Å². The largest absolute Gasteiger partial charge is 0.481 e. The third-order valence-corrected chi connectivity index (χ3v) is 1.66. The summed E-state index contributed by atoms with van der Waals surface area (Å²) in [6.45, 7) is 3.32. The van der Waals surface area contributed by atoms with Gasteiger partial charge in [0.1, 0.15) is 0 Å². The van der Waals surface area contributed by atoms with E-state index in [-0.39, 0.29) is 12.8 Å². The number of aliphatic hydroxyl groups is 2. The highest BCUT2D eigenvalue weighted by Crippen LogP contribution is 1.94. The van der Waals surface area contributed by atoms with Crippen LogP contribution in [0, 0.1) is 0 Å². The molecule has 0 bridgehead atoms. The summed E-state index contributed by atoms with van der Waals surface area (Å²) in [5.74, 6) is -1.80. The van der Waals surface area contributed by atoms with E-state index in [2.05, 4.69) is 0 Å². The van der Waals surface area contributed by atoms with Crippen LogP contribution < -0.4 is 0 Å². The van der Waals surface area contributed by atoms with Crippen molar-refractivity contribution in [3.8, 4) is 0 Å². The number of rotatable bonds is 6. The Morgan fingerprint density at radius 1 is 1.12 bits per heavy atom. The van der Waals surface area contributed by atoms with E-state index in [1.54, 1.807) is 13.8 Å². The number of hydrogen-bond acceptors (Lipinski definition) is 4. The summed E-state index contributed by atoms with van der Waals surface area (Å²) < 4.78 is 0. The molecule has 96 valence electrons. The number of aliphatic carboxylic acids is 2. The highest BCUT2D eigenvalue weighted by Gasteiger charge is 2.04. The summed E-state index contributed by atoms with van der Waals surface area (Å²) in [7, 11) is 0. The molecule has 6 heteroatoms. The highest BCUT2D eigenvalue weighted by atomic mass is 16.4. The van der Waals surface area contributed by atoms with E-state index in [0.717, 1.165) is 0 Å². The van der Waals surface area contributed by atoms with Crippen LogP contribution in [0.3, 0.4) is 0 Å². The van der Waals surface area contributed by atoms with Crippen LogP contribution in [-0.2, 0) is 9.59 Å². The molecule has 0 fully saturated rings. The molecule has 0 aliphatic carbocycles. The molecule has 2 unspecified atom stereocenters. The predicted molar refractivity (Wildman–Crippen MR) is 57.1 cm³/mol. The maximum absolute atomic E-state index is 9.81. The van der Waals surface area contributed by atoms with Gasteiger partial charge in [-0.2, -0.15) is 0 Å². The van der Waals surface area contributed by atoms with Crippen LogP contribution in [0.25, 0.3) is 0 Å². The molecule has 4 N–H and O–H groups in total. The number of aliphatic hydroxyl groups excluding tert-OH is 2. The molecule has 6 nitrogen and oxygen atoms in total. The third-order valence-electron chi connectivity index (χ3n) is 1.66. The Balaban J connectivity index is 0. The first kappa shape index (κ1) is 17.3. The van der Waals surface area contributed by atoms with Gasteiger partial charge in [-0.3, -0.25) is 9.59 Å². The molecule has 0 aromatic heterocycles. The Morgan fingerprint density at radius 2 is 1.62 bits per heavy atom. The lowest BCUT2D eigenvalue weighted by Crippen LogP contribution is -2.10. The summed E-state index contributed by atoms with van der Waals surface area (Å²) >= 11 is 0. The van der Waals surface area contributed by atoms with Crippen molar-refractivity contribution in [2.24, 2.45) is 0 Å². The second kappa shape index (κ2) is 10.4. The maximum atomic E-state index is 9.81. The molecular weight excluding hydrogens is 216 g/mol. The van der Waals surface area contributed by atoms with Crippen LogP contribution in [0.5, 0.6) is 0 Å². The Morgan fingerprint density at radius 3 is 1.75 bits per heavy atom. The first-order valence-corrected chi connectivity index (χ1v) is 5.09. The van der Waals surface area contributed by atoms with Gasteiger partial charge in [0.2, 0.25) is 0 Å². The first-order chi connectivity index (χ1) is 7.29. The average Bonchev–Trinajstić information content (AvgIpc) is 2.14. The zero-order chi connectivity index (χ0) is 13.1. The van der Waals surface area contributed by atoms with Crippen LogP contribution >= 0.6 is 0 Å². The van der Waals surface area contributed by atoms with Gasteiger partial charge in [-0.1, -0.05) is 6.92 Å². The van der Waals surface area contributed by atoms with E-state index < -0.39 is 24.1 Å². The quantitative estimate of drug-likeness (QED) is 0.532. The molecule has 0 rings (SSSR count). The van der Waals surface area contributed by atoms with Gasteiger partial charge in [0.15, 0.2) is 0 Å². The van der Waals surface area contributed by atoms with Crippen LogP contribution in [0.15, 0.2) is 0 Å². The van der Waals surface area contributed by atoms with Crippen LogP contribution in [-0.4, -0.2) is 44.6 Å². The highest BCUT2D eigenvalue weighted by molar-refractivity contribution is 5.67. The van der Waals surface area contributed by atoms with Gasteiger partial charge in [0.25, 0.3) is 0 Å². The lowest BCUT2D eigenvalue weighted by atomic mass is 10.2. The van der Waals surface area contributed by atoms with Crippen molar-refractivity contribution in [3.63, 3.8) is 0 Å². The minimum atomic E-state index is -0.945. The van der Waals surface area contributed by atoms with E-state index in [1.807, 2.05) is 0 Å². The molecule has 0 amide bonds. The molecule has 0 radical (unpaired) electrons. The lowest BCUT2D eigenvalue weighted by Gasteiger charge is -2.00. The molecule has 2 atom stereocenters. The van der Waals surface area contributed by atoms with E-state index in [4.69, 9.17) is 20.4 Å². The minimum Gasteiger partial charge on any atom is -0.481 e. The number of carbonyl (C=O) groups is 2. The van der Waals surface area contributed by atoms with E-state index >= 15 is 0 Å². The molecular formula is C10H20O6. The second-order valence-electron chi connectivity index (χ2n) is 3.44. The van der Waals surface area contributed by atoms with Gasteiger partial charge >= 0.3 is 11.9 Å². The molecule has 0 aromatic carbocycles. The molecule has 0 aliphatic rings. The molecule has 0 spiro atoms. The molecule has 0 heterocycles. The van der Waals surface area contributed by atoms with E-state index in [9.17, 15) is 9.59 Å². The Hall–Kier alpha value is -1.14. The molecule has 0 saturated heterocycles. The van der Waals surface area contributed by atoms with Gasteiger partial charge < -0.3 is 20.4 Å². The zero-order valence-corrected chi connectivity index (χ0v) is 9.59. The predicted octanol–water partition coefficient (Wildman–Crippen LogP) is 0.464. The number of hydrogen-bond donors (Lipinski definition) is 4. The van der Waals surface area contributed by atoms with Crippen molar-refractivity contribution in [2.75, 3.05) is 0 Å². The average molecular weight is 236 g/mol. The number of carboxylic acids is 2. The Kier molecular flexibility index (Phi) is 11.2. The fourth-order valence-corrected chi connectivity index (χ4v) is 0.678. The van der Waals surface area contributed by atoms with Gasteiger partial charge in [-0.25, -0.2) is 0 Å². The normalized spacial score (nSPS) is 13.2. The summed E-state index contributed by atoms with van der Waals surface area (Å²) in [4.78, 5) is 19.6. The standard InChI is InChI=1S/2C5H10O3/c1-4(6)2-3-5(7)8;1-2-4(6)3-5(7)8/h2*4,6H,2-3H2,1H3,(H,7,8). The van der Waals surface area contributed by atoms with Crippen molar-refractivity contribution in [1.82, 2.24) is 0 Å². The van der Waals surface area contributed by atoms with Gasteiger partial charge in [0, 0.05) is 6.42 Å². The Labute approximate surface area is 94.5 Å². The van der Waals surface area contributed by atoms with Crippen LogP contribution in [0.2, 0.25) is 0 Å². The third kappa shape index (κ3) is 18.6. The van der Waals surface area contributed by atoms with Gasteiger partial charge in [0.05, 0.1) is 18.6 Å².